The molecule has 0 saturated carbocycles. The Hall–Kier alpha value is -8.71. The number of rotatable bonds is 8. The average molecular weight is 877 g/mol. The summed E-state index contributed by atoms with van der Waals surface area (Å²) in [6.45, 7) is 0. The van der Waals surface area contributed by atoms with Crippen molar-refractivity contribution in [1.82, 2.24) is 29.9 Å². The SMILES string of the molecule is Clc1nc(-c2ccccc2)nc(-c2cccc(-c3cc4c5ccccc5c5ccccc5c4cc3-c3cccc(-c4cccc(-c5nc(-c6ccccc6)nc(-c6ccccc6)n5)c4)c3)c2)n1. The fourth-order valence-electron chi connectivity index (χ4n) is 9.09. The predicted octanol–water partition coefficient (Wildman–Crippen LogP) is 15.5. The number of fused-ring (bicyclic) bond motifs is 6. The molecule has 0 radical (unpaired) electrons. The van der Waals surface area contributed by atoms with E-state index in [1.807, 2.05) is 97.1 Å². The highest BCUT2D eigenvalue weighted by atomic mass is 35.5. The summed E-state index contributed by atoms with van der Waals surface area (Å²) in [6.07, 6.45) is 0. The summed E-state index contributed by atoms with van der Waals surface area (Å²) in [6, 6.07) is 77.8. The van der Waals surface area contributed by atoms with E-state index in [1.165, 1.54) is 32.3 Å². The molecule has 0 amide bonds. The molecule has 0 atom stereocenters. The van der Waals surface area contributed by atoms with Crippen LogP contribution in [0.25, 0.3) is 123 Å². The zero-order chi connectivity index (χ0) is 44.7. The van der Waals surface area contributed by atoms with Crippen molar-refractivity contribution in [3.8, 4) is 90.3 Å². The van der Waals surface area contributed by atoms with Gasteiger partial charge >= 0.3 is 0 Å². The molecule has 7 heteroatoms. The summed E-state index contributed by atoms with van der Waals surface area (Å²) in [7, 11) is 0. The normalized spacial score (nSPS) is 11.4. The van der Waals surface area contributed by atoms with Gasteiger partial charge in [-0.05, 0) is 108 Å². The van der Waals surface area contributed by atoms with E-state index in [-0.39, 0.29) is 5.28 Å². The Morgan fingerprint density at radius 3 is 0.896 bits per heavy atom. The first-order chi connectivity index (χ1) is 33.1. The van der Waals surface area contributed by atoms with Gasteiger partial charge in [0.2, 0.25) is 5.28 Å². The van der Waals surface area contributed by atoms with Crippen molar-refractivity contribution < 1.29 is 0 Å². The van der Waals surface area contributed by atoms with Gasteiger partial charge in [-0.1, -0.05) is 194 Å². The van der Waals surface area contributed by atoms with Gasteiger partial charge in [-0.25, -0.2) is 19.9 Å². The Morgan fingerprint density at radius 2 is 0.478 bits per heavy atom. The van der Waals surface area contributed by atoms with Crippen molar-refractivity contribution in [3.63, 3.8) is 0 Å². The maximum Gasteiger partial charge on any atom is 0.226 e. The summed E-state index contributed by atoms with van der Waals surface area (Å²) in [4.78, 5) is 29.0. The van der Waals surface area contributed by atoms with Crippen molar-refractivity contribution in [1.29, 1.82) is 0 Å². The lowest BCUT2D eigenvalue weighted by atomic mass is 9.86. The van der Waals surface area contributed by atoms with Crippen LogP contribution in [-0.4, -0.2) is 29.9 Å². The lowest BCUT2D eigenvalue weighted by Gasteiger charge is -2.17. The van der Waals surface area contributed by atoms with Crippen LogP contribution in [-0.2, 0) is 0 Å². The average Bonchev–Trinajstić information content (AvgIpc) is 3.41. The van der Waals surface area contributed by atoms with E-state index in [0.717, 1.165) is 61.2 Å². The molecule has 0 bridgehead atoms. The maximum atomic E-state index is 6.58. The molecule has 10 aromatic carbocycles. The second-order valence-electron chi connectivity index (χ2n) is 16.4. The molecule has 2 aromatic heterocycles. The van der Waals surface area contributed by atoms with Crippen LogP contribution in [0.4, 0.5) is 0 Å². The lowest BCUT2D eigenvalue weighted by Crippen LogP contribution is -2.00. The number of hydrogen-bond donors (Lipinski definition) is 0. The van der Waals surface area contributed by atoms with Gasteiger partial charge < -0.3 is 0 Å². The number of aromatic nitrogens is 6. The Bertz CT molecular complexity index is 3770. The van der Waals surface area contributed by atoms with E-state index < -0.39 is 0 Å². The van der Waals surface area contributed by atoms with E-state index in [0.29, 0.717) is 29.1 Å². The van der Waals surface area contributed by atoms with Crippen LogP contribution in [0.2, 0.25) is 5.28 Å². The second kappa shape index (κ2) is 17.0. The van der Waals surface area contributed by atoms with Crippen LogP contribution in [0.3, 0.4) is 0 Å². The third-order valence-electron chi connectivity index (χ3n) is 12.3. The van der Waals surface area contributed by atoms with Crippen LogP contribution in [0.5, 0.6) is 0 Å². The van der Waals surface area contributed by atoms with E-state index in [2.05, 4.69) is 137 Å². The standard InChI is InChI=1S/C60H37ClN6/c61-60-66-57(40-21-8-3-9-22-40)65-59(67-60)46-28-16-26-44(35-46)52-37-54-50-32-13-11-30-48(50)47-29-10-12-31-49(47)53(54)36-51(52)43-25-14-23-41(33-43)42-24-15-27-45(34-42)58-63-55(38-17-4-1-5-18-38)62-56(64-58)39-19-6-2-7-20-39/h1-37H. The van der Waals surface area contributed by atoms with Gasteiger partial charge in [0.25, 0.3) is 0 Å². The van der Waals surface area contributed by atoms with Gasteiger partial charge in [-0.2, -0.15) is 9.97 Å². The minimum absolute atomic E-state index is 0.142. The van der Waals surface area contributed by atoms with E-state index in [4.69, 9.17) is 31.5 Å². The van der Waals surface area contributed by atoms with E-state index in [9.17, 15) is 0 Å². The molecule has 0 aliphatic carbocycles. The number of nitrogens with zero attached hydrogens (tertiary/aromatic N) is 6. The highest BCUT2D eigenvalue weighted by Gasteiger charge is 2.18. The molecular formula is C60H37ClN6. The number of benzene rings is 10. The van der Waals surface area contributed by atoms with Crippen molar-refractivity contribution in [2.45, 2.75) is 0 Å². The second-order valence-corrected chi connectivity index (χ2v) is 16.8. The Kier molecular flexibility index (Phi) is 10.1. The molecule has 0 fully saturated rings. The van der Waals surface area contributed by atoms with Gasteiger partial charge in [-0.15, -0.1) is 0 Å². The predicted molar refractivity (Wildman–Crippen MR) is 274 cm³/mol. The Labute approximate surface area is 392 Å². The molecule has 12 rings (SSSR count). The van der Waals surface area contributed by atoms with Gasteiger partial charge in [0.15, 0.2) is 29.1 Å². The Morgan fingerprint density at radius 1 is 0.209 bits per heavy atom. The molecule has 0 aliphatic heterocycles. The van der Waals surface area contributed by atoms with Gasteiger partial charge in [0, 0.05) is 27.8 Å². The summed E-state index contributed by atoms with van der Waals surface area (Å²) in [5, 5.41) is 7.36. The smallest absolute Gasteiger partial charge is 0.208 e. The fraction of sp³-hybridized carbons (Fsp3) is 0. The van der Waals surface area contributed by atoms with Crippen molar-refractivity contribution >= 4 is 43.9 Å². The molecule has 0 N–H and O–H groups in total. The quantitative estimate of drug-likeness (QED) is 0.142. The Balaban J connectivity index is 1.02. The summed E-state index contributed by atoms with van der Waals surface area (Å²) in [5.41, 5.74) is 10.9. The molecule has 0 unspecified atom stereocenters. The van der Waals surface area contributed by atoms with Crippen LogP contribution in [0.1, 0.15) is 0 Å². The number of halogens is 1. The molecule has 6 nitrogen and oxygen atoms in total. The first-order valence-corrected chi connectivity index (χ1v) is 22.5. The first-order valence-electron chi connectivity index (χ1n) is 22.1. The zero-order valence-corrected chi connectivity index (χ0v) is 36.7. The molecule has 314 valence electrons. The van der Waals surface area contributed by atoms with Crippen LogP contribution >= 0.6 is 11.6 Å². The van der Waals surface area contributed by atoms with Crippen LogP contribution < -0.4 is 0 Å². The summed E-state index contributed by atoms with van der Waals surface area (Å²) in [5.74, 6) is 2.89. The monoisotopic (exact) mass is 876 g/mol. The largest absolute Gasteiger partial charge is 0.226 e. The molecule has 0 saturated heterocycles. The molecule has 0 spiro atoms. The highest BCUT2D eigenvalue weighted by Crippen LogP contribution is 2.43. The van der Waals surface area contributed by atoms with Crippen molar-refractivity contribution in [2.24, 2.45) is 0 Å². The molecule has 12 aromatic rings. The van der Waals surface area contributed by atoms with Gasteiger partial charge in [-0.3, -0.25) is 0 Å². The maximum absolute atomic E-state index is 6.58. The van der Waals surface area contributed by atoms with Crippen LogP contribution in [0, 0.1) is 0 Å². The highest BCUT2D eigenvalue weighted by molar-refractivity contribution is 6.28. The van der Waals surface area contributed by atoms with Crippen molar-refractivity contribution in [2.75, 3.05) is 0 Å². The fourth-order valence-corrected chi connectivity index (χ4v) is 9.25. The van der Waals surface area contributed by atoms with Gasteiger partial charge in [0.05, 0.1) is 0 Å². The van der Waals surface area contributed by atoms with Crippen molar-refractivity contribution in [3.05, 3.63) is 230 Å². The van der Waals surface area contributed by atoms with Gasteiger partial charge in [0.1, 0.15) is 0 Å². The lowest BCUT2D eigenvalue weighted by molar-refractivity contribution is 1.07. The summed E-state index contributed by atoms with van der Waals surface area (Å²) < 4.78 is 0. The molecular weight excluding hydrogens is 840 g/mol. The molecule has 2 heterocycles. The zero-order valence-electron chi connectivity index (χ0n) is 35.9. The molecule has 0 aliphatic rings. The first kappa shape index (κ1) is 39.8. The minimum Gasteiger partial charge on any atom is -0.208 e. The number of hydrogen-bond acceptors (Lipinski definition) is 6. The third-order valence-corrected chi connectivity index (χ3v) is 12.5. The summed E-state index contributed by atoms with van der Waals surface area (Å²) >= 11 is 6.58. The minimum atomic E-state index is 0.142. The topological polar surface area (TPSA) is 77.3 Å². The van der Waals surface area contributed by atoms with E-state index >= 15 is 0 Å². The third kappa shape index (κ3) is 7.65. The van der Waals surface area contributed by atoms with Crippen LogP contribution in [0.15, 0.2) is 224 Å². The molecule has 67 heavy (non-hydrogen) atoms. The van der Waals surface area contributed by atoms with E-state index in [1.54, 1.807) is 0 Å².